The fraction of sp³-hybridized carbons (Fsp3) is 0.182. The highest BCUT2D eigenvalue weighted by Crippen LogP contribution is 2.19. The number of ether oxygens (including phenoxy) is 1. The number of aromatic nitrogens is 3. The van der Waals surface area contributed by atoms with Crippen molar-refractivity contribution < 1.29 is 9.53 Å². The second kappa shape index (κ2) is 4.36. The van der Waals surface area contributed by atoms with E-state index in [1.54, 1.807) is 24.3 Å². The minimum Gasteiger partial charge on any atom is -0.494 e. The zero-order valence-corrected chi connectivity index (χ0v) is 9.95. The summed E-state index contributed by atoms with van der Waals surface area (Å²) in [5.74, 6) is -0.386. The molecule has 1 heterocycles. The first kappa shape index (κ1) is 11.9. The van der Waals surface area contributed by atoms with Gasteiger partial charge >= 0.3 is 5.69 Å². The molecule has 0 atom stereocenters. The maximum atomic E-state index is 12.0. The van der Waals surface area contributed by atoms with Gasteiger partial charge in [0.05, 0.1) is 7.11 Å². The lowest BCUT2D eigenvalue weighted by Gasteiger charge is -2.05. The average Bonchev–Trinajstić information content (AvgIpc) is 2.66. The zero-order valence-electron chi connectivity index (χ0n) is 9.95. The van der Waals surface area contributed by atoms with Crippen LogP contribution in [0.1, 0.15) is 10.6 Å². The van der Waals surface area contributed by atoms with E-state index in [2.05, 4.69) is 5.10 Å². The maximum Gasteiger partial charge on any atom is 0.351 e. The first-order valence-corrected chi connectivity index (χ1v) is 5.15. The van der Waals surface area contributed by atoms with E-state index in [4.69, 9.17) is 10.5 Å². The molecule has 0 bridgehead atoms. The smallest absolute Gasteiger partial charge is 0.351 e. The largest absolute Gasteiger partial charge is 0.494 e. The summed E-state index contributed by atoms with van der Waals surface area (Å²) in [7, 11) is 2.92. The van der Waals surface area contributed by atoms with Crippen molar-refractivity contribution in [3.05, 3.63) is 40.6 Å². The van der Waals surface area contributed by atoms with Crippen molar-refractivity contribution in [2.24, 2.45) is 12.8 Å². The van der Waals surface area contributed by atoms with Crippen LogP contribution in [0, 0.1) is 0 Å². The number of hydrogen-bond acceptors (Lipinski definition) is 4. The van der Waals surface area contributed by atoms with Gasteiger partial charge in [-0.05, 0) is 12.1 Å². The molecule has 2 N–H and O–H groups in total. The van der Waals surface area contributed by atoms with Crippen LogP contribution < -0.4 is 16.2 Å². The maximum absolute atomic E-state index is 12.0. The SMILES string of the molecule is COc1ccccc1-n1nc(C(N)=O)n(C)c1=O. The Kier molecular flexibility index (Phi) is 2.88. The molecule has 0 saturated heterocycles. The van der Waals surface area contributed by atoms with Crippen molar-refractivity contribution >= 4 is 5.91 Å². The number of benzene rings is 1. The van der Waals surface area contributed by atoms with Crippen molar-refractivity contribution in [1.29, 1.82) is 0 Å². The molecule has 0 aliphatic heterocycles. The van der Waals surface area contributed by atoms with Crippen LogP contribution in [-0.4, -0.2) is 27.4 Å². The number of rotatable bonds is 3. The fourth-order valence-electron chi connectivity index (χ4n) is 1.61. The molecule has 0 fully saturated rings. The van der Waals surface area contributed by atoms with Crippen LogP contribution in [0.25, 0.3) is 5.69 Å². The summed E-state index contributed by atoms with van der Waals surface area (Å²) in [6.07, 6.45) is 0. The van der Waals surface area contributed by atoms with Crippen LogP contribution in [-0.2, 0) is 7.05 Å². The van der Waals surface area contributed by atoms with E-state index in [0.717, 1.165) is 9.25 Å². The van der Waals surface area contributed by atoms with Gasteiger partial charge < -0.3 is 10.5 Å². The van der Waals surface area contributed by atoms with Crippen molar-refractivity contribution in [2.45, 2.75) is 0 Å². The van der Waals surface area contributed by atoms with Crippen LogP contribution in [0.4, 0.5) is 0 Å². The quantitative estimate of drug-likeness (QED) is 0.805. The van der Waals surface area contributed by atoms with Crippen molar-refractivity contribution in [3.63, 3.8) is 0 Å². The molecule has 0 saturated carbocycles. The molecule has 2 rings (SSSR count). The Morgan fingerprint density at radius 1 is 1.39 bits per heavy atom. The summed E-state index contributed by atoms with van der Waals surface area (Å²) in [4.78, 5) is 23.1. The van der Waals surface area contributed by atoms with E-state index in [9.17, 15) is 9.59 Å². The predicted molar refractivity (Wildman–Crippen MR) is 63.9 cm³/mol. The zero-order chi connectivity index (χ0) is 13.3. The van der Waals surface area contributed by atoms with Crippen LogP contribution in [0.2, 0.25) is 0 Å². The monoisotopic (exact) mass is 248 g/mol. The lowest BCUT2D eigenvalue weighted by molar-refractivity contribution is 0.0986. The van der Waals surface area contributed by atoms with Crippen LogP contribution in [0.5, 0.6) is 5.75 Å². The Balaban J connectivity index is 2.69. The topological polar surface area (TPSA) is 92.1 Å². The molecule has 0 aliphatic carbocycles. The van der Waals surface area contributed by atoms with E-state index in [0.29, 0.717) is 11.4 Å². The van der Waals surface area contributed by atoms with Crippen LogP contribution >= 0.6 is 0 Å². The third kappa shape index (κ3) is 1.75. The van der Waals surface area contributed by atoms with Gasteiger partial charge in [-0.1, -0.05) is 12.1 Å². The van der Waals surface area contributed by atoms with Gasteiger partial charge in [0, 0.05) is 7.05 Å². The van der Waals surface area contributed by atoms with Gasteiger partial charge in [-0.2, -0.15) is 4.68 Å². The molecule has 0 unspecified atom stereocenters. The van der Waals surface area contributed by atoms with Crippen molar-refractivity contribution in [3.8, 4) is 11.4 Å². The molecule has 0 aliphatic rings. The number of carbonyl (C=O) groups excluding carboxylic acids is 1. The van der Waals surface area contributed by atoms with Gasteiger partial charge in [0.15, 0.2) is 0 Å². The molecule has 7 heteroatoms. The Bertz CT molecular complexity index is 657. The van der Waals surface area contributed by atoms with Crippen molar-refractivity contribution in [2.75, 3.05) is 7.11 Å². The summed E-state index contributed by atoms with van der Waals surface area (Å²) >= 11 is 0. The Labute approximate surface area is 102 Å². The number of primary amides is 1. The molecule has 94 valence electrons. The standard InChI is InChI=1S/C11H12N4O3/c1-14-10(9(12)16)13-15(11(14)17)7-5-3-4-6-8(7)18-2/h3-6H,1-2H3,(H2,12,16). The van der Waals surface area contributed by atoms with Gasteiger partial charge in [0.25, 0.3) is 5.91 Å². The first-order valence-electron chi connectivity index (χ1n) is 5.15. The highest BCUT2D eigenvalue weighted by molar-refractivity contribution is 5.88. The molecular formula is C11H12N4O3. The second-order valence-corrected chi connectivity index (χ2v) is 3.61. The Hall–Kier alpha value is -2.57. The predicted octanol–water partition coefficient (Wildman–Crippen LogP) is -0.322. The van der Waals surface area contributed by atoms with E-state index < -0.39 is 11.6 Å². The van der Waals surface area contributed by atoms with E-state index in [-0.39, 0.29) is 5.82 Å². The molecule has 2 aromatic rings. The number of nitrogens with zero attached hydrogens (tertiary/aromatic N) is 3. The van der Waals surface area contributed by atoms with Gasteiger partial charge in [0.1, 0.15) is 11.4 Å². The van der Waals surface area contributed by atoms with Crippen molar-refractivity contribution in [1.82, 2.24) is 14.3 Å². The highest BCUT2D eigenvalue weighted by atomic mass is 16.5. The average molecular weight is 248 g/mol. The Morgan fingerprint density at radius 3 is 2.61 bits per heavy atom. The lowest BCUT2D eigenvalue weighted by Crippen LogP contribution is -2.24. The number of hydrogen-bond donors (Lipinski definition) is 1. The second-order valence-electron chi connectivity index (χ2n) is 3.61. The minimum atomic E-state index is -0.761. The van der Waals surface area contributed by atoms with Gasteiger partial charge in [-0.3, -0.25) is 9.36 Å². The molecule has 7 nitrogen and oxygen atoms in total. The van der Waals surface area contributed by atoms with E-state index >= 15 is 0 Å². The van der Waals surface area contributed by atoms with Gasteiger partial charge in [0.2, 0.25) is 5.82 Å². The third-order valence-corrected chi connectivity index (χ3v) is 2.51. The third-order valence-electron chi connectivity index (χ3n) is 2.51. The summed E-state index contributed by atoms with van der Waals surface area (Å²) in [6.45, 7) is 0. The van der Waals surface area contributed by atoms with Gasteiger partial charge in [-0.25, -0.2) is 4.79 Å². The number of amides is 1. The van der Waals surface area contributed by atoms with Crippen LogP contribution in [0.3, 0.4) is 0 Å². The summed E-state index contributed by atoms with van der Waals surface area (Å²) in [6, 6.07) is 6.87. The molecule has 1 amide bonds. The van der Waals surface area contributed by atoms with Gasteiger partial charge in [-0.15, -0.1) is 5.10 Å². The summed E-state index contributed by atoms with van der Waals surface area (Å²) < 4.78 is 7.31. The number of nitrogens with two attached hydrogens (primary N) is 1. The fourth-order valence-corrected chi connectivity index (χ4v) is 1.61. The molecule has 0 radical (unpaired) electrons. The number of para-hydroxylation sites is 2. The Morgan fingerprint density at radius 2 is 2.06 bits per heavy atom. The highest BCUT2D eigenvalue weighted by Gasteiger charge is 2.17. The summed E-state index contributed by atoms with van der Waals surface area (Å²) in [5.41, 5.74) is 5.13. The normalized spacial score (nSPS) is 10.3. The van der Waals surface area contributed by atoms with E-state index in [1.165, 1.54) is 14.2 Å². The number of methoxy groups -OCH3 is 1. The minimum absolute atomic E-state index is 0.106. The van der Waals surface area contributed by atoms with Crippen LogP contribution in [0.15, 0.2) is 29.1 Å². The molecule has 0 spiro atoms. The number of carbonyl (C=O) groups is 1. The molecule has 1 aromatic heterocycles. The van der Waals surface area contributed by atoms with E-state index in [1.807, 2.05) is 0 Å². The first-order chi connectivity index (χ1) is 8.56. The molecule has 1 aromatic carbocycles. The lowest BCUT2D eigenvalue weighted by atomic mass is 10.3. The molecule has 18 heavy (non-hydrogen) atoms. The summed E-state index contributed by atoms with van der Waals surface area (Å²) in [5, 5.41) is 3.90. The molecular weight excluding hydrogens is 236 g/mol.